The molecule has 2 unspecified atom stereocenters. The predicted molar refractivity (Wildman–Crippen MR) is 206 cm³/mol. The molecular weight excluding hydrogens is 608 g/mol. The van der Waals surface area contributed by atoms with Gasteiger partial charge in [-0.05, 0) is 38.5 Å². The Morgan fingerprint density at radius 2 is 0.612 bits per heavy atom. The van der Waals surface area contributed by atoms with Gasteiger partial charge in [0, 0.05) is 0 Å². The maximum atomic E-state index is 13.1. The first-order valence-electron chi connectivity index (χ1n) is 22.2. The van der Waals surface area contributed by atoms with Crippen molar-refractivity contribution in [2.75, 3.05) is 13.2 Å². The van der Waals surface area contributed by atoms with E-state index in [1.165, 1.54) is 180 Å². The second kappa shape index (κ2) is 29.5. The first-order valence-corrected chi connectivity index (χ1v) is 22.2. The minimum atomic E-state index is -1.09. The number of ether oxygens (including phenoxy) is 3. The lowest BCUT2D eigenvalue weighted by Crippen LogP contribution is -2.44. The van der Waals surface area contributed by atoms with E-state index >= 15 is 0 Å². The Kier molecular flexibility index (Phi) is 26.5. The van der Waals surface area contributed by atoms with E-state index in [1.54, 1.807) is 0 Å². The Morgan fingerprint density at radius 3 is 0.857 bits per heavy atom. The van der Waals surface area contributed by atoms with E-state index in [0.717, 1.165) is 38.5 Å². The number of hydrogen-bond donors (Lipinski definition) is 0. The van der Waals surface area contributed by atoms with Crippen LogP contribution in [0.1, 0.15) is 245 Å². The highest BCUT2D eigenvalue weighted by Crippen LogP contribution is 2.59. The Morgan fingerprint density at radius 1 is 0.388 bits per heavy atom. The van der Waals surface area contributed by atoms with Crippen LogP contribution in [0.5, 0.6) is 0 Å². The van der Waals surface area contributed by atoms with Gasteiger partial charge in [0.15, 0.2) is 0 Å². The predicted octanol–water partition coefficient (Wildman–Crippen LogP) is 13.7. The van der Waals surface area contributed by atoms with Gasteiger partial charge in [-0.1, -0.05) is 206 Å². The lowest BCUT2D eigenvalue weighted by molar-refractivity contribution is -0.155. The maximum Gasteiger partial charge on any atom is 0.342 e. The van der Waals surface area contributed by atoms with Crippen LogP contribution in [0.4, 0.5) is 0 Å². The van der Waals surface area contributed by atoms with E-state index in [1.807, 2.05) is 0 Å². The van der Waals surface area contributed by atoms with Crippen molar-refractivity contribution in [3.63, 3.8) is 0 Å². The summed E-state index contributed by atoms with van der Waals surface area (Å²) in [6.45, 7) is 5.41. The fourth-order valence-electron chi connectivity index (χ4n) is 8.01. The van der Waals surface area contributed by atoms with E-state index in [-0.39, 0.29) is 11.9 Å². The van der Waals surface area contributed by atoms with Gasteiger partial charge in [0.25, 0.3) is 0 Å². The topological polar surface area (TPSA) is 65.1 Å². The van der Waals surface area contributed by atoms with Crippen molar-refractivity contribution in [1.82, 2.24) is 0 Å². The maximum absolute atomic E-state index is 13.1. The summed E-state index contributed by atoms with van der Waals surface area (Å²) in [6.07, 6.45) is 45.2. The third-order valence-corrected chi connectivity index (χ3v) is 11.4. The summed E-state index contributed by atoms with van der Waals surface area (Å²) in [5, 5.41) is 0. The molecule has 0 aromatic heterocycles. The molecule has 2 atom stereocenters. The second-order valence-electron chi connectivity index (χ2n) is 15.8. The average Bonchev–Trinajstić information content (AvgIpc) is 3.83. The number of carbonyl (C=O) groups excluding carboxylic acids is 2. The largest absolute Gasteiger partial charge is 0.463 e. The molecule has 0 radical (unpaired) electrons. The lowest BCUT2D eigenvalue weighted by atomic mass is 9.79. The van der Waals surface area contributed by atoms with Crippen LogP contribution < -0.4 is 0 Å². The number of rotatable bonds is 36. The number of hydrogen-bond acceptors (Lipinski definition) is 5. The molecule has 5 nitrogen and oxygen atoms in total. The Hall–Kier alpha value is -1.10. The standard InChI is InChI=1S/C44H82O5/c1-3-5-7-9-11-13-15-17-19-21-23-25-27-29-31-35-39-47-41(45)43-37-33-34-38-44(43,49-43)42(46)48-40-36-32-30-28-26-24-22-20-18-16-14-12-10-8-6-4-2/h3-40H2,1-2H3. The summed E-state index contributed by atoms with van der Waals surface area (Å²) in [6, 6.07) is 0. The van der Waals surface area contributed by atoms with Gasteiger partial charge in [-0.25, -0.2) is 9.59 Å². The van der Waals surface area contributed by atoms with Crippen LogP contribution in [0.25, 0.3) is 0 Å². The highest BCUT2D eigenvalue weighted by molar-refractivity contribution is 5.98. The molecule has 5 heteroatoms. The fourth-order valence-corrected chi connectivity index (χ4v) is 8.01. The second-order valence-corrected chi connectivity index (χ2v) is 15.8. The molecule has 0 N–H and O–H groups in total. The highest BCUT2D eigenvalue weighted by atomic mass is 16.7. The molecule has 0 aromatic rings. The number of esters is 2. The third kappa shape index (κ3) is 18.8. The van der Waals surface area contributed by atoms with Crippen LogP contribution in [0.15, 0.2) is 0 Å². The number of carbonyl (C=O) groups is 2. The van der Waals surface area contributed by atoms with Gasteiger partial charge in [0.05, 0.1) is 13.2 Å². The molecule has 1 heterocycles. The van der Waals surface area contributed by atoms with Crippen molar-refractivity contribution in [2.45, 2.75) is 256 Å². The van der Waals surface area contributed by atoms with Crippen LogP contribution in [-0.4, -0.2) is 36.4 Å². The van der Waals surface area contributed by atoms with E-state index < -0.39 is 11.2 Å². The summed E-state index contributed by atoms with van der Waals surface area (Å²) in [4.78, 5) is 26.2. The summed E-state index contributed by atoms with van der Waals surface area (Å²) >= 11 is 0. The van der Waals surface area contributed by atoms with Crippen molar-refractivity contribution >= 4 is 11.9 Å². The van der Waals surface area contributed by atoms with Crippen LogP contribution >= 0.6 is 0 Å². The van der Waals surface area contributed by atoms with Gasteiger partial charge in [-0.3, -0.25) is 0 Å². The first kappa shape index (κ1) is 44.1. The van der Waals surface area contributed by atoms with Gasteiger partial charge in [-0.15, -0.1) is 0 Å². The molecule has 0 spiro atoms. The zero-order valence-corrected chi connectivity index (χ0v) is 32.9. The van der Waals surface area contributed by atoms with E-state index in [9.17, 15) is 9.59 Å². The summed E-state index contributed by atoms with van der Waals surface area (Å²) in [5.41, 5.74) is -2.18. The highest BCUT2D eigenvalue weighted by Gasteiger charge is 2.81. The fraction of sp³-hybridized carbons (Fsp3) is 0.955. The van der Waals surface area contributed by atoms with Gasteiger partial charge < -0.3 is 14.2 Å². The average molecular weight is 691 g/mol. The molecule has 2 rings (SSSR count). The molecule has 49 heavy (non-hydrogen) atoms. The Labute approximate surface area is 304 Å². The summed E-state index contributed by atoms with van der Waals surface area (Å²) in [5.74, 6) is -0.681. The first-order chi connectivity index (χ1) is 24.1. The van der Waals surface area contributed by atoms with Gasteiger partial charge in [0.1, 0.15) is 0 Å². The zero-order valence-electron chi connectivity index (χ0n) is 32.9. The van der Waals surface area contributed by atoms with Crippen molar-refractivity contribution in [1.29, 1.82) is 0 Å². The smallest absolute Gasteiger partial charge is 0.342 e. The van der Waals surface area contributed by atoms with E-state index in [0.29, 0.717) is 26.1 Å². The van der Waals surface area contributed by atoms with E-state index in [2.05, 4.69) is 13.8 Å². The number of fused-ring (bicyclic) bond motifs is 1. The minimum Gasteiger partial charge on any atom is -0.463 e. The molecule has 0 aromatic carbocycles. The van der Waals surface area contributed by atoms with Crippen LogP contribution in [0.2, 0.25) is 0 Å². The molecule has 2 aliphatic rings. The number of epoxide rings is 1. The molecular formula is C44H82O5. The van der Waals surface area contributed by atoms with Crippen molar-refractivity contribution in [3.8, 4) is 0 Å². The number of unbranched alkanes of at least 4 members (excludes halogenated alkanes) is 30. The molecule has 1 aliphatic carbocycles. The van der Waals surface area contributed by atoms with Crippen LogP contribution in [-0.2, 0) is 23.8 Å². The molecule has 1 saturated heterocycles. The molecule has 1 saturated carbocycles. The lowest BCUT2D eigenvalue weighted by Gasteiger charge is -2.22. The van der Waals surface area contributed by atoms with Gasteiger partial charge in [-0.2, -0.15) is 0 Å². The molecule has 0 bridgehead atoms. The third-order valence-electron chi connectivity index (χ3n) is 11.4. The van der Waals surface area contributed by atoms with Crippen molar-refractivity contribution in [3.05, 3.63) is 0 Å². The van der Waals surface area contributed by atoms with Crippen LogP contribution in [0, 0.1) is 0 Å². The zero-order chi connectivity index (χ0) is 35.1. The van der Waals surface area contributed by atoms with Crippen molar-refractivity contribution in [2.24, 2.45) is 0 Å². The van der Waals surface area contributed by atoms with Gasteiger partial charge >= 0.3 is 11.9 Å². The molecule has 288 valence electrons. The minimum absolute atomic E-state index is 0.340. The quantitative estimate of drug-likeness (QED) is 0.0372. The Bertz CT molecular complexity index is 734. The SMILES string of the molecule is CCCCCCCCCCCCCCCCCCOC(=O)C12CCCCC1(C(=O)OCCCCCCCCCCCCCCCCCC)O2. The van der Waals surface area contributed by atoms with E-state index in [4.69, 9.17) is 14.2 Å². The summed E-state index contributed by atoms with van der Waals surface area (Å²) < 4.78 is 17.4. The molecule has 2 fully saturated rings. The van der Waals surface area contributed by atoms with Gasteiger partial charge in [0.2, 0.25) is 11.2 Å². The normalized spacial score (nSPS) is 19.9. The Balaban J connectivity index is 1.41. The molecule has 0 amide bonds. The monoisotopic (exact) mass is 691 g/mol. The van der Waals surface area contributed by atoms with Crippen LogP contribution in [0.3, 0.4) is 0 Å². The summed E-state index contributed by atoms with van der Waals surface area (Å²) in [7, 11) is 0. The molecule has 1 aliphatic heterocycles. The van der Waals surface area contributed by atoms with Crippen molar-refractivity contribution < 1.29 is 23.8 Å².